The minimum Gasteiger partial charge on any atom is -0.338 e. The van der Waals surface area contributed by atoms with Crippen LogP contribution in [-0.4, -0.2) is 10.1 Å². The second-order valence-corrected chi connectivity index (χ2v) is 3.82. The van der Waals surface area contributed by atoms with E-state index >= 15 is 0 Å². The van der Waals surface area contributed by atoms with Gasteiger partial charge < -0.3 is 10.3 Å². The molecule has 1 atom stereocenters. The van der Waals surface area contributed by atoms with E-state index in [4.69, 9.17) is 10.3 Å². The van der Waals surface area contributed by atoms with Crippen LogP contribution in [0.25, 0.3) is 0 Å². The van der Waals surface area contributed by atoms with Crippen molar-refractivity contribution >= 4 is 0 Å². The second-order valence-electron chi connectivity index (χ2n) is 3.82. The Labute approximate surface area is 94.5 Å². The third-order valence-electron chi connectivity index (χ3n) is 2.35. The Kier molecular flexibility index (Phi) is 3.31. The van der Waals surface area contributed by atoms with E-state index in [-0.39, 0.29) is 6.04 Å². The third-order valence-corrected chi connectivity index (χ3v) is 2.35. The van der Waals surface area contributed by atoms with Crippen LogP contribution in [0.2, 0.25) is 0 Å². The number of rotatable bonds is 4. The van der Waals surface area contributed by atoms with Crippen LogP contribution in [-0.2, 0) is 12.8 Å². The van der Waals surface area contributed by atoms with Gasteiger partial charge in [-0.2, -0.15) is 4.98 Å². The Balaban J connectivity index is 1.95. The monoisotopic (exact) mass is 217 g/mol. The lowest BCUT2D eigenvalue weighted by molar-refractivity contribution is 0.357. The molecule has 1 aromatic carbocycles. The van der Waals surface area contributed by atoms with Gasteiger partial charge in [-0.1, -0.05) is 35.5 Å². The van der Waals surface area contributed by atoms with Gasteiger partial charge in [0.05, 0.1) is 6.04 Å². The molecule has 4 heteroatoms. The van der Waals surface area contributed by atoms with Crippen LogP contribution < -0.4 is 5.73 Å². The van der Waals surface area contributed by atoms with Gasteiger partial charge >= 0.3 is 0 Å². The molecule has 0 aliphatic heterocycles. The van der Waals surface area contributed by atoms with E-state index in [1.54, 1.807) is 0 Å². The molecule has 1 aromatic heterocycles. The van der Waals surface area contributed by atoms with E-state index in [1.807, 2.05) is 25.1 Å². The van der Waals surface area contributed by atoms with Crippen molar-refractivity contribution in [3.63, 3.8) is 0 Å². The maximum Gasteiger partial charge on any atom is 0.243 e. The number of hydrogen-bond acceptors (Lipinski definition) is 4. The molecule has 0 aliphatic carbocycles. The molecule has 0 fully saturated rings. The van der Waals surface area contributed by atoms with Crippen molar-refractivity contribution in [1.82, 2.24) is 10.1 Å². The van der Waals surface area contributed by atoms with Gasteiger partial charge in [-0.25, -0.2) is 0 Å². The first-order chi connectivity index (χ1) is 7.75. The van der Waals surface area contributed by atoms with Crippen molar-refractivity contribution in [2.75, 3.05) is 0 Å². The molecule has 0 unspecified atom stereocenters. The normalized spacial score (nSPS) is 12.6. The zero-order chi connectivity index (χ0) is 11.4. The Morgan fingerprint density at radius 1 is 1.25 bits per heavy atom. The summed E-state index contributed by atoms with van der Waals surface area (Å²) in [5, 5.41) is 3.89. The molecule has 0 amide bonds. The first-order valence-corrected chi connectivity index (χ1v) is 5.37. The molecule has 1 heterocycles. The van der Waals surface area contributed by atoms with E-state index in [2.05, 4.69) is 22.3 Å². The summed E-state index contributed by atoms with van der Waals surface area (Å²) < 4.78 is 5.03. The van der Waals surface area contributed by atoms with Gasteiger partial charge in [0.2, 0.25) is 5.89 Å². The molecule has 0 bridgehead atoms. The Morgan fingerprint density at radius 3 is 2.62 bits per heavy atom. The number of nitrogens with zero attached hydrogens (tertiary/aromatic N) is 2. The highest BCUT2D eigenvalue weighted by atomic mass is 16.5. The van der Waals surface area contributed by atoms with Crippen molar-refractivity contribution in [1.29, 1.82) is 0 Å². The molecule has 0 aliphatic rings. The highest BCUT2D eigenvalue weighted by molar-refractivity contribution is 5.15. The average Bonchev–Trinajstić information content (AvgIpc) is 2.76. The summed E-state index contributed by atoms with van der Waals surface area (Å²) in [6.07, 6.45) is 1.69. The molecule has 0 saturated carbocycles. The standard InChI is InChI=1S/C12H15N3O/c1-9(13)12-14-11(15-16-12)8-7-10-5-3-2-4-6-10/h2-6,9H,7-8,13H2,1H3/t9-/m0/s1. The van der Waals surface area contributed by atoms with Crippen molar-refractivity contribution < 1.29 is 4.52 Å². The smallest absolute Gasteiger partial charge is 0.243 e. The van der Waals surface area contributed by atoms with Crippen molar-refractivity contribution in [3.8, 4) is 0 Å². The van der Waals surface area contributed by atoms with E-state index in [0.717, 1.165) is 18.7 Å². The van der Waals surface area contributed by atoms with Crippen LogP contribution in [0, 0.1) is 0 Å². The van der Waals surface area contributed by atoms with E-state index in [9.17, 15) is 0 Å². The quantitative estimate of drug-likeness (QED) is 0.849. The topological polar surface area (TPSA) is 64.9 Å². The van der Waals surface area contributed by atoms with Crippen molar-refractivity contribution in [3.05, 3.63) is 47.6 Å². The summed E-state index contributed by atoms with van der Waals surface area (Å²) in [4.78, 5) is 4.22. The summed E-state index contributed by atoms with van der Waals surface area (Å²) in [5.74, 6) is 1.22. The van der Waals surface area contributed by atoms with Gasteiger partial charge in [0.15, 0.2) is 5.82 Å². The minimum atomic E-state index is -0.196. The average molecular weight is 217 g/mol. The highest BCUT2D eigenvalue weighted by Gasteiger charge is 2.09. The van der Waals surface area contributed by atoms with Gasteiger partial charge in [-0.15, -0.1) is 0 Å². The third kappa shape index (κ3) is 2.67. The maximum absolute atomic E-state index is 5.64. The Bertz CT molecular complexity index is 437. The Hall–Kier alpha value is -1.68. The van der Waals surface area contributed by atoms with Crippen LogP contribution >= 0.6 is 0 Å². The fourth-order valence-corrected chi connectivity index (χ4v) is 1.45. The molecule has 2 N–H and O–H groups in total. The predicted molar refractivity (Wildman–Crippen MR) is 60.8 cm³/mol. The molecule has 84 valence electrons. The van der Waals surface area contributed by atoms with Gasteiger partial charge in [0.25, 0.3) is 0 Å². The lowest BCUT2D eigenvalue weighted by Crippen LogP contribution is -2.05. The zero-order valence-corrected chi connectivity index (χ0v) is 9.26. The van der Waals surface area contributed by atoms with Crippen molar-refractivity contribution in [2.24, 2.45) is 5.73 Å². The summed E-state index contributed by atoms with van der Waals surface area (Å²) in [6.45, 7) is 1.83. The van der Waals surface area contributed by atoms with Gasteiger partial charge in [0.1, 0.15) is 0 Å². The summed E-state index contributed by atoms with van der Waals surface area (Å²) in [5.41, 5.74) is 6.91. The zero-order valence-electron chi connectivity index (χ0n) is 9.26. The number of aromatic nitrogens is 2. The molecule has 0 radical (unpaired) electrons. The van der Waals surface area contributed by atoms with Crippen LogP contribution in [0.3, 0.4) is 0 Å². The second kappa shape index (κ2) is 4.90. The Morgan fingerprint density at radius 2 is 2.00 bits per heavy atom. The SMILES string of the molecule is C[C@H](N)c1nc(CCc2ccccc2)no1. The van der Waals surface area contributed by atoms with Gasteiger partial charge in [0, 0.05) is 6.42 Å². The fraction of sp³-hybridized carbons (Fsp3) is 0.333. The van der Waals surface area contributed by atoms with Gasteiger partial charge in [-0.05, 0) is 18.9 Å². The molecule has 2 rings (SSSR count). The summed E-state index contributed by atoms with van der Waals surface area (Å²) in [7, 11) is 0. The lowest BCUT2D eigenvalue weighted by Gasteiger charge is -1.96. The van der Waals surface area contributed by atoms with Crippen molar-refractivity contribution in [2.45, 2.75) is 25.8 Å². The van der Waals surface area contributed by atoms with Crippen LogP contribution in [0.1, 0.15) is 30.2 Å². The van der Waals surface area contributed by atoms with E-state index in [1.165, 1.54) is 5.56 Å². The predicted octanol–water partition coefficient (Wildman–Crippen LogP) is 1.87. The molecule has 0 saturated heterocycles. The highest BCUT2D eigenvalue weighted by Crippen LogP contribution is 2.08. The number of benzene rings is 1. The molecular weight excluding hydrogens is 202 g/mol. The molecule has 16 heavy (non-hydrogen) atoms. The number of hydrogen-bond donors (Lipinski definition) is 1. The first-order valence-electron chi connectivity index (χ1n) is 5.37. The maximum atomic E-state index is 5.64. The summed E-state index contributed by atoms with van der Waals surface area (Å²) >= 11 is 0. The van der Waals surface area contributed by atoms with Crippen LogP contribution in [0.5, 0.6) is 0 Å². The van der Waals surface area contributed by atoms with E-state index in [0.29, 0.717) is 5.89 Å². The number of nitrogens with two attached hydrogens (primary N) is 1. The molecule has 4 nitrogen and oxygen atoms in total. The van der Waals surface area contributed by atoms with E-state index < -0.39 is 0 Å². The lowest BCUT2D eigenvalue weighted by atomic mass is 10.1. The fourth-order valence-electron chi connectivity index (χ4n) is 1.45. The van der Waals surface area contributed by atoms with Crippen LogP contribution in [0.4, 0.5) is 0 Å². The number of aryl methyl sites for hydroxylation is 2. The van der Waals surface area contributed by atoms with Crippen LogP contribution in [0.15, 0.2) is 34.9 Å². The summed E-state index contributed by atoms with van der Waals surface area (Å²) in [6, 6.07) is 10.0. The van der Waals surface area contributed by atoms with Gasteiger partial charge in [-0.3, -0.25) is 0 Å². The molecule has 0 spiro atoms. The molecule has 2 aromatic rings. The first kappa shape index (κ1) is 10.8. The minimum absolute atomic E-state index is 0.196. The largest absolute Gasteiger partial charge is 0.338 e. The molecular formula is C12H15N3O.